The number of hydrazone groups is 1. The number of nitrogens with zero attached hydrogens (tertiary/aromatic N) is 3. The van der Waals surface area contributed by atoms with Gasteiger partial charge >= 0.3 is 6.03 Å². The van der Waals surface area contributed by atoms with Crippen molar-refractivity contribution in [1.29, 1.82) is 0 Å². The Kier molecular flexibility index (Phi) is 1.91. The Hall–Kier alpha value is -1.91. The fraction of sp³-hybridized carbons (Fsp3) is 0.125. The highest BCUT2D eigenvalue weighted by atomic mass is 16.2. The van der Waals surface area contributed by atoms with Crippen LogP contribution in [0, 0.1) is 0 Å². The lowest BCUT2D eigenvalue weighted by molar-refractivity contribution is 0.247. The molecule has 0 unspecified atom stereocenters. The molecule has 5 heteroatoms. The number of rotatable bonds is 1. The van der Waals surface area contributed by atoms with Crippen molar-refractivity contribution in [3.05, 3.63) is 24.4 Å². The van der Waals surface area contributed by atoms with Gasteiger partial charge in [-0.1, -0.05) is 6.07 Å². The molecule has 13 heavy (non-hydrogen) atoms. The number of aromatic nitrogens is 1. The first kappa shape index (κ1) is 7.72. The minimum atomic E-state index is -0.249. The number of carbonyl (C=O) groups is 1. The van der Waals surface area contributed by atoms with Crippen LogP contribution in [0.15, 0.2) is 29.5 Å². The van der Waals surface area contributed by atoms with Crippen LogP contribution in [0.2, 0.25) is 0 Å². The molecule has 0 saturated heterocycles. The van der Waals surface area contributed by atoms with E-state index in [1.807, 2.05) is 0 Å². The number of anilines is 1. The third-order valence-electron chi connectivity index (χ3n) is 1.60. The number of hydrogen-bond acceptors (Lipinski definition) is 3. The maximum absolute atomic E-state index is 11.3. The van der Waals surface area contributed by atoms with Crippen LogP contribution in [0.4, 0.5) is 10.6 Å². The molecule has 1 aliphatic heterocycles. The van der Waals surface area contributed by atoms with Crippen molar-refractivity contribution in [2.45, 2.75) is 0 Å². The Morgan fingerprint density at radius 3 is 3.08 bits per heavy atom. The van der Waals surface area contributed by atoms with E-state index in [2.05, 4.69) is 15.4 Å². The van der Waals surface area contributed by atoms with Gasteiger partial charge in [-0.05, 0) is 12.1 Å². The van der Waals surface area contributed by atoms with Crippen LogP contribution in [0.25, 0.3) is 0 Å². The summed E-state index contributed by atoms with van der Waals surface area (Å²) in [4.78, 5) is 15.3. The topological polar surface area (TPSA) is 57.6 Å². The first-order chi connectivity index (χ1) is 6.38. The zero-order chi connectivity index (χ0) is 9.10. The zero-order valence-electron chi connectivity index (χ0n) is 6.84. The van der Waals surface area contributed by atoms with Crippen LogP contribution in [-0.4, -0.2) is 23.8 Å². The van der Waals surface area contributed by atoms with Crippen LogP contribution in [0.3, 0.4) is 0 Å². The number of nitrogens with one attached hydrogen (secondary N) is 1. The maximum Gasteiger partial charge on any atom is 0.344 e. The third-order valence-corrected chi connectivity index (χ3v) is 1.60. The summed E-state index contributed by atoms with van der Waals surface area (Å²) in [6.45, 7) is 0.474. The van der Waals surface area contributed by atoms with Gasteiger partial charge in [-0.3, -0.25) is 0 Å². The highest BCUT2D eigenvalue weighted by Crippen LogP contribution is 2.10. The van der Waals surface area contributed by atoms with E-state index in [1.54, 1.807) is 30.6 Å². The molecule has 0 radical (unpaired) electrons. The molecule has 0 saturated carbocycles. The van der Waals surface area contributed by atoms with Crippen LogP contribution in [0.1, 0.15) is 0 Å². The molecule has 1 aromatic heterocycles. The summed E-state index contributed by atoms with van der Waals surface area (Å²) in [7, 11) is 0. The molecule has 2 amide bonds. The Labute approximate surface area is 75.1 Å². The van der Waals surface area contributed by atoms with Gasteiger partial charge in [-0.2, -0.15) is 10.1 Å². The summed E-state index contributed by atoms with van der Waals surface area (Å²) >= 11 is 0. The van der Waals surface area contributed by atoms with Crippen molar-refractivity contribution < 1.29 is 4.79 Å². The van der Waals surface area contributed by atoms with Crippen LogP contribution in [-0.2, 0) is 0 Å². The molecule has 0 aromatic carbocycles. The van der Waals surface area contributed by atoms with E-state index in [9.17, 15) is 4.79 Å². The molecular formula is C8H8N4O. The van der Waals surface area contributed by atoms with Crippen molar-refractivity contribution in [2.75, 3.05) is 11.6 Å². The standard InChI is InChI=1S/C8H8N4O/c13-8-10-5-6-11-12(8)7-3-1-2-4-9-7/h1-4,6H,5H2,(H,10,13). The normalized spacial score (nSPS) is 15.7. The van der Waals surface area contributed by atoms with Gasteiger partial charge in [0.1, 0.15) is 0 Å². The number of amides is 2. The van der Waals surface area contributed by atoms with Gasteiger partial charge in [-0.25, -0.2) is 9.78 Å². The van der Waals surface area contributed by atoms with Gasteiger partial charge in [0, 0.05) is 12.4 Å². The monoisotopic (exact) mass is 176 g/mol. The van der Waals surface area contributed by atoms with Crippen molar-refractivity contribution in [2.24, 2.45) is 5.10 Å². The molecule has 0 spiro atoms. The van der Waals surface area contributed by atoms with Gasteiger partial charge < -0.3 is 5.32 Å². The van der Waals surface area contributed by atoms with Gasteiger partial charge in [0.2, 0.25) is 0 Å². The Morgan fingerprint density at radius 2 is 2.38 bits per heavy atom. The van der Waals surface area contributed by atoms with E-state index in [1.165, 1.54) is 5.01 Å². The summed E-state index contributed by atoms with van der Waals surface area (Å²) in [5.74, 6) is 0.524. The van der Waals surface area contributed by atoms with Gasteiger partial charge in [-0.15, -0.1) is 0 Å². The van der Waals surface area contributed by atoms with E-state index < -0.39 is 0 Å². The van der Waals surface area contributed by atoms with Crippen LogP contribution < -0.4 is 10.3 Å². The van der Waals surface area contributed by atoms with E-state index in [-0.39, 0.29) is 6.03 Å². The maximum atomic E-state index is 11.3. The average molecular weight is 176 g/mol. The minimum absolute atomic E-state index is 0.249. The first-order valence-corrected chi connectivity index (χ1v) is 3.89. The molecule has 1 aliphatic rings. The van der Waals surface area contributed by atoms with E-state index in [4.69, 9.17) is 0 Å². The summed E-state index contributed by atoms with van der Waals surface area (Å²) in [5.41, 5.74) is 0. The second-order valence-electron chi connectivity index (χ2n) is 2.48. The van der Waals surface area contributed by atoms with Crippen molar-refractivity contribution in [1.82, 2.24) is 10.3 Å². The molecule has 0 bridgehead atoms. The Bertz CT molecular complexity index is 335. The number of hydrogen-bond donors (Lipinski definition) is 1. The highest BCUT2D eigenvalue weighted by molar-refractivity contribution is 5.94. The molecule has 0 aliphatic carbocycles. The quantitative estimate of drug-likeness (QED) is 0.681. The smallest absolute Gasteiger partial charge is 0.331 e. The molecule has 1 N–H and O–H groups in total. The predicted octanol–water partition coefficient (Wildman–Crippen LogP) is 0.597. The van der Waals surface area contributed by atoms with Crippen molar-refractivity contribution in [3.63, 3.8) is 0 Å². The van der Waals surface area contributed by atoms with Crippen LogP contribution >= 0.6 is 0 Å². The van der Waals surface area contributed by atoms with Gasteiger partial charge in [0.15, 0.2) is 5.82 Å². The molecular weight excluding hydrogens is 168 g/mol. The summed E-state index contributed by atoms with van der Waals surface area (Å²) in [6.07, 6.45) is 3.24. The first-order valence-electron chi connectivity index (χ1n) is 3.89. The molecule has 2 rings (SSSR count). The second kappa shape index (κ2) is 3.22. The molecule has 0 atom stereocenters. The summed E-state index contributed by atoms with van der Waals surface area (Å²) in [5, 5.41) is 7.77. The molecule has 0 fully saturated rings. The SMILES string of the molecule is O=C1NCC=NN1c1ccccn1. The molecule has 5 nitrogen and oxygen atoms in total. The Morgan fingerprint density at radius 1 is 1.46 bits per heavy atom. The number of carbonyl (C=O) groups excluding carboxylic acids is 1. The molecule has 66 valence electrons. The van der Waals surface area contributed by atoms with E-state index in [0.717, 1.165) is 0 Å². The summed E-state index contributed by atoms with van der Waals surface area (Å²) < 4.78 is 0. The lowest BCUT2D eigenvalue weighted by atomic mass is 10.4. The molecule has 2 heterocycles. The number of urea groups is 1. The fourth-order valence-electron chi connectivity index (χ4n) is 1.02. The zero-order valence-corrected chi connectivity index (χ0v) is 6.84. The van der Waals surface area contributed by atoms with E-state index in [0.29, 0.717) is 12.4 Å². The summed E-state index contributed by atoms with van der Waals surface area (Å²) in [6, 6.07) is 5.07. The Balaban J connectivity index is 2.30. The second-order valence-corrected chi connectivity index (χ2v) is 2.48. The average Bonchev–Trinajstić information content (AvgIpc) is 2.20. The predicted molar refractivity (Wildman–Crippen MR) is 48.6 cm³/mol. The lowest BCUT2D eigenvalue weighted by Gasteiger charge is -2.19. The van der Waals surface area contributed by atoms with E-state index >= 15 is 0 Å². The number of pyridine rings is 1. The fourth-order valence-corrected chi connectivity index (χ4v) is 1.02. The van der Waals surface area contributed by atoms with Gasteiger partial charge in [0.25, 0.3) is 0 Å². The third kappa shape index (κ3) is 1.48. The lowest BCUT2D eigenvalue weighted by Crippen LogP contribution is -2.41. The van der Waals surface area contributed by atoms with Crippen molar-refractivity contribution >= 4 is 18.1 Å². The van der Waals surface area contributed by atoms with Gasteiger partial charge in [0.05, 0.1) is 6.54 Å². The minimum Gasteiger partial charge on any atom is -0.331 e. The highest BCUT2D eigenvalue weighted by Gasteiger charge is 2.16. The largest absolute Gasteiger partial charge is 0.344 e. The molecule has 1 aromatic rings. The van der Waals surface area contributed by atoms with Crippen LogP contribution in [0.5, 0.6) is 0 Å². The van der Waals surface area contributed by atoms with Crippen molar-refractivity contribution in [3.8, 4) is 0 Å².